The van der Waals surface area contributed by atoms with Gasteiger partial charge in [-0.2, -0.15) is 11.8 Å². The number of hydrogen-bond donors (Lipinski definition) is 1. The molecule has 1 atom stereocenters. The second-order valence-corrected chi connectivity index (χ2v) is 5.13. The molecule has 96 valence electrons. The Morgan fingerprint density at radius 2 is 2.06 bits per heavy atom. The minimum absolute atomic E-state index is 0.115. The molecule has 0 aliphatic rings. The molecule has 1 N–H and O–H groups in total. The zero-order valence-electron chi connectivity index (χ0n) is 10.3. The van der Waals surface area contributed by atoms with Crippen molar-refractivity contribution in [3.05, 3.63) is 35.4 Å². The summed E-state index contributed by atoms with van der Waals surface area (Å²) in [5, 5.41) is 3.26. The highest BCUT2D eigenvalue weighted by Gasteiger charge is 2.17. The summed E-state index contributed by atoms with van der Waals surface area (Å²) in [6.45, 7) is 4.92. The summed E-state index contributed by atoms with van der Waals surface area (Å²) >= 11 is 1.72. The largest absolute Gasteiger partial charge is 0.309 e. The summed E-state index contributed by atoms with van der Waals surface area (Å²) in [4.78, 5) is 0. The van der Waals surface area contributed by atoms with Crippen LogP contribution >= 0.6 is 11.8 Å². The number of thioether (sulfide) groups is 1. The molecule has 1 nitrogen and oxygen atoms in total. The molecule has 0 aliphatic heterocycles. The summed E-state index contributed by atoms with van der Waals surface area (Å²) in [6.07, 6.45) is 0.976. The maximum atomic E-state index is 13.7. The Hall–Kier alpha value is -0.610. The average molecular weight is 259 g/mol. The highest BCUT2D eigenvalue weighted by atomic mass is 32.2. The molecule has 1 aromatic rings. The van der Waals surface area contributed by atoms with Gasteiger partial charge in [-0.1, -0.05) is 26.0 Å². The molecule has 0 aliphatic carbocycles. The van der Waals surface area contributed by atoms with Crippen molar-refractivity contribution >= 4 is 11.8 Å². The molecule has 0 saturated carbocycles. The second-order valence-electron chi connectivity index (χ2n) is 3.81. The molecule has 1 unspecified atom stereocenters. The highest BCUT2D eigenvalue weighted by molar-refractivity contribution is 7.99. The van der Waals surface area contributed by atoms with Gasteiger partial charge in [0.2, 0.25) is 0 Å². The van der Waals surface area contributed by atoms with E-state index in [4.69, 9.17) is 0 Å². The SMILES string of the molecule is CCCNC(CSCC)c1cccc(F)c1F. The van der Waals surface area contributed by atoms with E-state index in [2.05, 4.69) is 19.2 Å². The van der Waals surface area contributed by atoms with Crippen LogP contribution in [0.25, 0.3) is 0 Å². The van der Waals surface area contributed by atoms with Gasteiger partial charge < -0.3 is 5.32 Å². The molecule has 0 spiro atoms. The first-order valence-corrected chi connectivity index (χ1v) is 7.11. The molecule has 0 heterocycles. The average Bonchev–Trinajstić information content (AvgIpc) is 2.34. The third kappa shape index (κ3) is 4.28. The zero-order chi connectivity index (χ0) is 12.7. The van der Waals surface area contributed by atoms with E-state index in [1.54, 1.807) is 23.9 Å². The normalized spacial score (nSPS) is 12.7. The summed E-state index contributed by atoms with van der Waals surface area (Å²) in [5.74, 6) is 0.239. The predicted molar refractivity (Wildman–Crippen MR) is 70.4 cm³/mol. The van der Waals surface area contributed by atoms with E-state index < -0.39 is 11.6 Å². The van der Waals surface area contributed by atoms with Crippen LogP contribution in [0.5, 0.6) is 0 Å². The van der Waals surface area contributed by atoms with Gasteiger partial charge in [0.05, 0.1) is 0 Å². The number of hydrogen-bond acceptors (Lipinski definition) is 2. The lowest BCUT2D eigenvalue weighted by molar-refractivity contribution is 0.475. The summed E-state index contributed by atoms with van der Waals surface area (Å²) < 4.78 is 26.9. The van der Waals surface area contributed by atoms with E-state index in [9.17, 15) is 8.78 Å². The van der Waals surface area contributed by atoms with Crippen LogP contribution < -0.4 is 5.32 Å². The van der Waals surface area contributed by atoms with Crippen molar-refractivity contribution in [1.29, 1.82) is 0 Å². The first-order valence-electron chi connectivity index (χ1n) is 5.95. The van der Waals surface area contributed by atoms with Gasteiger partial charge in [-0.15, -0.1) is 0 Å². The van der Waals surface area contributed by atoms with Gasteiger partial charge >= 0.3 is 0 Å². The minimum Gasteiger partial charge on any atom is -0.309 e. The third-order valence-electron chi connectivity index (χ3n) is 2.49. The molecular weight excluding hydrogens is 240 g/mol. The maximum Gasteiger partial charge on any atom is 0.163 e. The van der Waals surface area contributed by atoms with Crippen molar-refractivity contribution in [2.24, 2.45) is 0 Å². The fourth-order valence-electron chi connectivity index (χ4n) is 1.60. The van der Waals surface area contributed by atoms with Crippen LogP contribution in [-0.4, -0.2) is 18.1 Å². The van der Waals surface area contributed by atoms with Crippen molar-refractivity contribution in [2.75, 3.05) is 18.1 Å². The van der Waals surface area contributed by atoms with Crippen molar-refractivity contribution in [2.45, 2.75) is 26.3 Å². The Morgan fingerprint density at radius 1 is 1.29 bits per heavy atom. The van der Waals surface area contributed by atoms with Crippen LogP contribution in [0.4, 0.5) is 8.78 Å². The summed E-state index contributed by atoms with van der Waals surface area (Å²) in [7, 11) is 0. The number of halogens is 2. The van der Waals surface area contributed by atoms with Crippen LogP contribution in [0, 0.1) is 11.6 Å². The molecule has 0 radical (unpaired) electrons. The van der Waals surface area contributed by atoms with E-state index in [1.165, 1.54) is 0 Å². The third-order valence-corrected chi connectivity index (χ3v) is 3.46. The van der Waals surface area contributed by atoms with Gasteiger partial charge in [-0.25, -0.2) is 8.78 Å². The number of rotatable bonds is 7. The molecule has 0 saturated heterocycles. The molecule has 0 amide bonds. The fourth-order valence-corrected chi connectivity index (χ4v) is 2.37. The summed E-state index contributed by atoms with van der Waals surface area (Å²) in [6, 6.07) is 4.26. The molecule has 0 aromatic heterocycles. The Labute approximate surface area is 106 Å². The van der Waals surface area contributed by atoms with Gasteiger partial charge in [0.25, 0.3) is 0 Å². The molecule has 0 bridgehead atoms. The van der Waals surface area contributed by atoms with E-state index in [1.807, 2.05) is 0 Å². The van der Waals surface area contributed by atoms with Crippen molar-refractivity contribution < 1.29 is 8.78 Å². The second kappa shape index (κ2) is 7.67. The Kier molecular flexibility index (Phi) is 6.52. The standard InChI is InChI=1S/C13H19F2NS/c1-3-8-16-12(9-17-4-2)10-6-5-7-11(14)13(10)15/h5-7,12,16H,3-4,8-9H2,1-2H3. The van der Waals surface area contributed by atoms with E-state index in [0.29, 0.717) is 5.56 Å². The molecule has 0 fully saturated rings. The first-order chi connectivity index (χ1) is 8.20. The first kappa shape index (κ1) is 14.5. The molecule has 4 heteroatoms. The van der Waals surface area contributed by atoms with Gasteiger partial charge in [0, 0.05) is 17.4 Å². The maximum absolute atomic E-state index is 13.7. The lowest BCUT2D eigenvalue weighted by Crippen LogP contribution is -2.25. The van der Waals surface area contributed by atoms with E-state index >= 15 is 0 Å². The zero-order valence-corrected chi connectivity index (χ0v) is 11.1. The number of benzene rings is 1. The lowest BCUT2D eigenvalue weighted by Gasteiger charge is -2.19. The Morgan fingerprint density at radius 3 is 2.71 bits per heavy atom. The topological polar surface area (TPSA) is 12.0 Å². The van der Waals surface area contributed by atoms with Gasteiger partial charge in [0.1, 0.15) is 0 Å². The molecular formula is C13H19F2NS. The van der Waals surface area contributed by atoms with Crippen LogP contribution in [-0.2, 0) is 0 Å². The molecule has 17 heavy (non-hydrogen) atoms. The monoisotopic (exact) mass is 259 g/mol. The Balaban J connectivity index is 2.83. The highest BCUT2D eigenvalue weighted by Crippen LogP contribution is 2.22. The minimum atomic E-state index is -0.771. The lowest BCUT2D eigenvalue weighted by atomic mass is 10.1. The van der Waals surface area contributed by atoms with E-state index in [-0.39, 0.29) is 6.04 Å². The quantitative estimate of drug-likeness (QED) is 0.800. The van der Waals surface area contributed by atoms with Crippen molar-refractivity contribution in [1.82, 2.24) is 5.32 Å². The predicted octanol–water partition coefficient (Wildman–Crippen LogP) is 3.76. The summed E-state index contributed by atoms with van der Waals surface area (Å²) in [5.41, 5.74) is 0.430. The van der Waals surface area contributed by atoms with Crippen LogP contribution in [0.1, 0.15) is 31.9 Å². The number of nitrogens with one attached hydrogen (secondary N) is 1. The molecule has 1 rings (SSSR count). The van der Waals surface area contributed by atoms with Crippen molar-refractivity contribution in [3.63, 3.8) is 0 Å². The van der Waals surface area contributed by atoms with Crippen molar-refractivity contribution in [3.8, 4) is 0 Å². The smallest absolute Gasteiger partial charge is 0.163 e. The van der Waals surface area contributed by atoms with E-state index in [0.717, 1.165) is 30.5 Å². The van der Waals surface area contributed by atoms with Gasteiger partial charge in [-0.05, 0) is 24.8 Å². The van der Waals surface area contributed by atoms with Crippen LogP contribution in [0.2, 0.25) is 0 Å². The fraction of sp³-hybridized carbons (Fsp3) is 0.538. The Bertz CT molecular complexity index is 336. The van der Waals surface area contributed by atoms with Crippen LogP contribution in [0.15, 0.2) is 18.2 Å². The van der Waals surface area contributed by atoms with Gasteiger partial charge in [-0.3, -0.25) is 0 Å². The van der Waals surface area contributed by atoms with Crippen LogP contribution in [0.3, 0.4) is 0 Å². The van der Waals surface area contributed by atoms with Gasteiger partial charge in [0.15, 0.2) is 11.6 Å². The molecule has 1 aromatic carbocycles.